The summed E-state index contributed by atoms with van der Waals surface area (Å²) in [6.07, 6.45) is 3.73. The molecular formula is C19H21N5O. The molecule has 0 bridgehead atoms. The van der Waals surface area contributed by atoms with E-state index >= 15 is 0 Å². The molecule has 1 aromatic carbocycles. The predicted molar refractivity (Wildman–Crippen MR) is 94.7 cm³/mol. The monoisotopic (exact) mass is 335 g/mol. The molecule has 128 valence electrons. The topological polar surface area (TPSA) is 67.1 Å². The fourth-order valence-corrected chi connectivity index (χ4v) is 3.26. The minimum absolute atomic E-state index is 0.267. The third-order valence-electron chi connectivity index (χ3n) is 4.61. The van der Waals surface area contributed by atoms with Gasteiger partial charge in [0.25, 0.3) is 5.89 Å². The molecule has 0 amide bonds. The minimum Gasteiger partial charge on any atom is -0.334 e. The van der Waals surface area contributed by atoms with Crippen molar-refractivity contribution in [3.05, 3.63) is 65.7 Å². The molecule has 1 saturated heterocycles. The molecule has 2 aromatic heterocycles. The molecule has 4 rings (SSSR count). The van der Waals surface area contributed by atoms with Crippen LogP contribution in [0.5, 0.6) is 0 Å². The first-order chi connectivity index (χ1) is 12.3. The van der Waals surface area contributed by atoms with Crippen molar-refractivity contribution in [2.45, 2.75) is 19.5 Å². The Balaban J connectivity index is 1.54. The van der Waals surface area contributed by atoms with Gasteiger partial charge in [-0.2, -0.15) is 4.98 Å². The summed E-state index contributed by atoms with van der Waals surface area (Å²) >= 11 is 0. The Morgan fingerprint density at radius 3 is 3.00 bits per heavy atom. The predicted octanol–water partition coefficient (Wildman–Crippen LogP) is 2.59. The van der Waals surface area contributed by atoms with Gasteiger partial charge in [-0.1, -0.05) is 29.4 Å². The van der Waals surface area contributed by atoms with Crippen molar-refractivity contribution in [2.24, 2.45) is 0 Å². The second-order valence-corrected chi connectivity index (χ2v) is 6.31. The molecule has 0 aliphatic carbocycles. The molecule has 1 atom stereocenters. The van der Waals surface area contributed by atoms with Gasteiger partial charge in [0.2, 0.25) is 0 Å². The van der Waals surface area contributed by atoms with Crippen molar-refractivity contribution in [1.82, 2.24) is 25.3 Å². The van der Waals surface area contributed by atoms with Crippen LogP contribution in [0.2, 0.25) is 0 Å². The Hall–Kier alpha value is -2.57. The molecule has 1 N–H and O–H groups in total. The standard InChI is InChI=1S/C19H21N5O/c1-14-5-2-3-7-16(14)19-22-18(23-25-19)13-24-10-9-21-12-17(24)15-6-4-8-20-11-15/h2-8,11,17,21H,9-10,12-13H2,1H3. The van der Waals surface area contributed by atoms with E-state index in [2.05, 4.69) is 31.4 Å². The number of pyridine rings is 1. The van der Waals surface area contributed by atoms with Crippen LogP contribution in [0.25, 0.3) is 11.5 Å². The molecule has 3 heterocycles. The average Bonchev–Trinajstić information content (AvgIpc) is 3.11. The number of hydrogen-bond acceptors (Lipinski definition) is 6. The number of aromatic nitrogens is 3. The highest BCUT2D eigenvalue weighted by molar-refractivity contribution is 5.57. The van der Waals surface area contributed by atoms with Crippen molar-refractivity contribution in [1.29, 1.82) is 0 Å². The van der Waals surface area contributed by atoms with Gasteiger partial charge >= 0.3 is 0 Å². The molecule has 1 aliphatic heterocycles. The number of benzene rings is 1. The van der Waals surface area contributed by atoms with Crippen LogP contribution in [0.15, 0.2) is 53.3 Å². The number of piperazine rings is 1. The average molecular weight is 335 g/mol. The van der Waals surface area contributed by atoms with Crippen LogP contribution in [0, 0.1) is 6.92 Å². The summed E-state index contributed by atoms with van der Waals surface area (Å²) < 4.78 is 5.50. The first-order valence-corrected chi connectivity index (χ1v) is 8.54. The lowest BCUT2D eigenvalue weighted by atomic mass is 10.1. The number of nitrogens with one attached hydrogen (secondary N) is 1. The fraction of sp³-hybridized carbons (Fsp3) is 0.316. The molecule has 3 aromatic rings. The van der Waals surface area contributed by atoms with E-state index < -0.39 is 0 Å². The van der Waals surface area contributed by atoms with Crippen molar-refractivity contribution in [3.8, 4) is 11.5 Å². The third kappa shape index (κ3) is 3.45. The van der Waals surface area contributed by atoms with Crippen LogP contribution in [0.1, 0.15) is 23.0 Å². The Kier molecular flexibility index (Phi) is 4.54. The minimum atomic E-state index is 0.267. The van der Waals surface area contributed by atoms with Gasteiger partial charge in [-0.05, 0) is 30.2 Å². The summed E-state index contributed by atoms with van der Waals surface area (Å²) in [5.41, 5.74) is 3.33. The van der Waals surface area contributed by atoms with Crippen molar-refractivity contribution >= 4 is 0 Å². The lowest BCUT2D eigenvalue weighted by Crippen LogP contribution is -2.45. The van der Waals surface area contributed by atoms with Gasteiger partial charge < -0.3 is 9.84 Å². The molecule has 0 saturated carbocycles. The Bertz CT molecular complexity index is 833. The second kappa shape index (κ2) is 7.13. The zero-order valence-electron chi connectivity index (χ0n) is 14.2. The normalized spacial score (nSPS) is 18.4. The summed E-state index contributed by atoms with van der Waals surface area (Å²) in [6, 6.07) is 12.4. The Morgan fingerprint density at radius 1 is 1.24 bits per heavy atom. The van der Waals surface area contributed by atoms with Gasteiger partial charge in [0.1, 0.15) is 0 Å². The van der Waals surface area contributed by atoms with Crippen LogP contribution in [0.3, 0.4) is 0 Å². The smallest absolute Gasteiger partial charge is 0.258 e. The second-order valence-electron chi connectivity index (χ2n) is 6.31. The Labute approximate surface area is 146 Å². The van der Waals surface area contributed by atoms with E-state index in [0.717, 1.165) is 30.8 Å². The van der Waals surface area contributed by atoms with Gasteiger partial charge in [-0.25, -0.2) is 0 Å². The molecule has 1 fully saturated rings. The summed E-state index contributed by atoms with van der Waals surface area (Å²) in [7, 11) is 0. The molecule has 1 unspecified atom stereocenters. The quantitative estimate of drug-likeness (QED) is 0.790. The lowest BCUT2D eigenvalue weighted by Gasteiger charge is -2.35. The largest absolute Gasteiger partial charge is 0.334 e. The maximum atomic E-state index is 5.50. The van der Waals surface area contributed by atoms with Gasteiger partial charge in [0.15, 0.2) is 5.82 Å². The summed E-state index contributed by atoms with van der Waals surface area (Å²) in [5, 5.41) is 7.65. The van der Waals surface area contributed by atoms with Gasteiger partial charge in [0.05, 0.1) is 6.54 Å². The first kappa shape index (κ1) is 15.9. The van der Waals surface area contributed by atoms with E-state index in [9.17, 15) is 0 Å². The van der Waals surface area contributed by atoms with Crippen LogP contribution in [-0.4, -0.2) is 39.7 Å². The molecule has 25 heavy (non-hydrogen) atoms. The van der Waals surface area contributed by atoms with Crippen molar-refractivity contribution in [2.75, 3.05) is 19.6 Å². The zero-order chi connectivity index (χ0) is 17.1. The maximum absolute atomic E-state index is 5.50. The van der Waals surface area contributed by atoms with Crippen LogP contribution in [0.4, 0.5) is 0 Å². The molecule has 0 radical (unpaired) electrons. The van der Waals surface area contributed by atoms with Gasteiger partial charge in [0, 0.05) is 43.6 Å². The number of rotatable bonds is 4. The van der Waals surface area contributed by atoms with Crippen LogP contribution >= 0.6 is 0 Å². The first-order valence-electron chi connectivity index (χ1n) is 8.54. The van der Waals surface area contributed by atoms with E-state index in [0.29, 0.717) is 18.3 Å². The number of nitrogens with zero attached hydrogens (tertiary/aromatic N) is 4. The van der Waals surface area contributed by atoms with Crippen molar-refractivity contribution in [3.63, 3.8) is 0 Å². The lowest BCUT2D eigenvalue weighted by molar-refractivity contribution is 0.148. The number of hydrogen-bond donors (Lipinski definition) is 1. The highest BCUT2D eigenvalue weighted by atomic mass is 16.5. The molecular weight excluding hydrogens is 314 g/mol. The van der Waals surface area contributed by atoms with Crippen molar-refractivity contribution < 1.29 is 4.52 Å². The Morgan fingerprint density at radius 2 is 2.16 bits per heavy atom. The molecule has 0 spiro atoms. The van der Waals surface area contributed by atoms with E-state index in [-0.39, 0.29) is 6.04 Å². The number of aryl methyl sites for hydroxylation is 1. The fourth-order valence-electron chi connectivity index (χ4n) is 3.26. The summed E-state index contributed by atoms with van der Waals surface area (Å²) in [5.74, 6) is 1.30. The highest BCUT2D eigenvalue weighted by Crippen LogP contribution is 2.25. The summed E-state index contributed by atoms with van der Waals surface area (Å²) in [4.78, 5) is 11.2. The molecule has 6 heteroatoms. The van der Waals surface area contributed by atoms with E-state index in [4.69, 9.17) is 4.52 Å². The zero-order valence-corrected chi connectivity index (χ0v) is 14.2. The molecule has 1 aliphatic rings. The van der Waals surface area contributed by atoms with E-state index in [1.807, 2.05) is 43.5 Å². The van der Waals surface area contributed by atoms with Gasteiger partial charge in [-0.15, -0.1) is 0 Å². The van der Waals surface area contributed by atoms with E-state index in [1.165, 1.54) is 5.56 Å². The summed E-state index contributed by atoms with van der Waals surface area (Å²) in [6.45, 7) is 5.51. The van der Waals surface area contributed by atoms with E-state index in [1.54, 1.807) is 6.20 Å². The SMILES string of the molecule is Cc1ccccc1-c1nc(CN2CCNCC2c2cccnc2)no1. The van der Waals surface area contributed by atoms with Gasteiger partial charge in [-0.3, -0.25) is 9.88 Å². The molecule has 6 nitrogen and oxygen atoms in total. The van der Waals surface area contributed by atoms with Crippen LogP contribution < -0.4 is 5.32 Å². The third-order valence-corrected chi connectivity index (χ3v) is 4.61. The highest BCUT2D eigenvalue weighted by Gasteiger charge is 2.25. The maximum Gasteiger partial charge on any atom is 0.258 e. The van der Waals surface area contributed by atoms with Crippen LogP contribution in [-0.2, 0) is 6.54 Å².